The van der Waals surface area contributed by atoms with Crippen LogP contribution in [-0.2, 0) is 14.1 Å². The number of nitrogens with two attached hydrogens (primary N) is 1. The summed E-state index contributed by atoms with van der Waals surface area (Å²) in [6, 6.07) is 1.76. The van der Waals surface area contributed by atoms with Crippen molar-refractivity contribution in [3.8, 4) is 0 Å². The molecule has 0 amide bonds. The third kappa shape index (κ3) is 1.78. The summed E-state index contributed by atoms with van der Waals surface area (Å²) in [4.78, 5) is 0. The van der Waals surface area contributed by atoms with Gasteiger partial charge in [-0.3, -0.25) is 9.36 Å². The van der Waals surface area contributed by atoms with Gasteiger partial charge in [-0.15, -0.1) is 0 Å². The summed E-state index contributed by atoms with van der Waals surface area (Å²) in [5, 5.41) is 8.45. The highest BCUT2D eigenvalue weighted by Gasteiger charge is 2.19. The van der Waals surface area contributed by atoms with Gasteiger partial charge in [0, 0.05) is 14.1 Å². The predicted octanol–water partition coefficient (Wildman–Crippen LogP) is 1.27. The summed E-state index contributed by atoms with van der Waals surface area (Å²) in [5.74, 6) is 0. The van der Waals surface area contributed by atoms with Crippen molar-refractivity contribution in [3.05, 3.63) is 33.8 Å². The molecule has 0 aliphatic carbocycles. The fraction of sp³-hybridized carbons (Fsp3) is 0.400. The predicted molar refractivity (Wildman–Crippen MR) is 64.9 cm³/mol. The summed E-state index contributed by atoms with van der Waals surface area (Å²) in [6.45, 7) is 1.95. The van der Waals surface area contributed by atoms with Crippen molar-refractivity contribution in [2.75, 3.05) is 0 Å². The largest absolute Gasteiger partial charge is 0.318 e. The molecule has 2 heterocycles. The molecule has 16 heavy (non-hydrogen) atoms. The maximum absolute atomic E-state index is 6.22. The fourth-order valence-electron chi connectivity index (χ4n) is 1.83. The molecule has 2 rings (SSSR count). The van der Waals surface area contributed by atoms with E-state index in [1.54, 1.807) is 15.6 Å². The van der Waals surface area contributed by atoms with Crippen LogP contribution in [0.25, 0.3) is 0 Å². The molecule has 0 spiro atoms. The second kappa shape index (κ2) is 4.03. The van der Waals surface area contributed by atoms with Gasteiger partial charge < -0.3 is 5.73 Å². The molecule has 86 valence electrons. The monoisotopic (exact) mass is 283 g/mol. The summed E-state index contributed by atoms with van der Waals surface area (Å²) >= 11 is 3.45. The van der Waals surface area contributed by atoms with E-state index in [1.807, 2.05) is 27.1 Å². The molecule has 0 fully saturated rings. The summed E-state index contributed by atoms with van der Waals surface area (Å²) in [7, 11) is 3.77. The first kappa shape index (κ1) is 11.3. The number of nitrogens with zero attached hydrogens (tertiary/aromatic N) is 4. The summed E-state index contributed by atoms with van der Waals surface area (Å²) in [5.41, 5.74) is 9.11. The van der Waals surface area contributed by atoms with Crippen LogP contribution in [0.3, 0.4) is 0 Å². The number of hydrogen-bond acceptors (Lipinski definition) is 3. The van der Waals surface area contributed by atoms with Crippen LogP contribution >= 0.6 is 15.9 Å². The van der Waals surface area contributed by atoms with E-state index >= 15 is 0 Å². The van der Waals surface area contributed by atoms with E-state index in [0.29, 0.717) is 0 Å². The molecule has 0 radical (unpaired) electrons. The zero-order valence-electron chi connectivity index (χ0n) is 9.48. The van der Waals surface area contributed by atoms with Gasteiger partial charge in [-0.25, -0.2) is 0 Å². The van der Waals surface area contributed by atoms with Gasteiger partial charge in [-0.2, -0.15) is 10.2 Å². The number of rotatable bonds is 2. The molecular formula is C10H14BrN5. The van der Waals surface area contributed by atoms with Gasteiger partial charge in [0.05, 0.1) is 33.8 Å². The molecule has 0 saturated carbocycles. The topological polar surface area (TPSA) is 61.7 Å². The maximum atomic E-state index is 6.22. The standard InChI is InChI=1S/C10H14BrN5/c1-6-4-8(15(2)14-6)9(12)10-7(11)5-13-16(10)3/h4-5,9H,12H2,1-3H3. The Labute approximate surface area is 102 Å². The van der Waals surface area contributed by atoms with Crippen LogP contribution in [0, 0.1) is 6.92 Å². The number of aryl methyl sites for hydroxylation is 3. The van der Waals surface area contributed by atoms with Crippen LogP contribution < -0.4 is 5.73 Å². The zero-order chi connectivity index (χ0) is 11.9. The first-order valence-electron chi connectivity index (χ1n) is 4.94. The molecule has 0 aliphatic rings. The van der Waals surface area contributed by atoms with E-state index in [-0.39, 0.29) is 6.04 Å². The van der Waals surface area contributed by atoms with Gasteiger partial charge >= 0.3 is 0 Å². The highest BCUT2D eigenvalue weighted by Crippen LogP contribution is 2.26. The van der Waals surface area contributed by atoms with Crippen LogP contribution in [0.2, 0.25) is 0 Å². The Hall–Kier alpha value is -1.14. The lowest BCUT2D eigenvalue weighted by Gasteiger charge is -2.13. The zero-order valence-corrected chi connectivity index (χ0v) is 11.1. The lowest BCUT2D eigenvalue weighted by molar-refractivity contribution is 0.618. The lowest BCUT2D eigenvalue weighted by atomic mass is 10.1. The quantitative estimate of drug-likeness (QED) is 0.903. The molecule has 0 saturated heterocycles. The van der Waals surface area contributed by atoms with Crippen molar-refractivity contribution in [1.29, 1.82) is 0 Å². The van der Waals surface area contributed by atoms with Crippen molar-refractivity contribution in [3.63, 3.8) is 0 Å². The average molecular weight is 284 g/mol. The maximum Gasteiger partial charge on any atom is 0.0905 e. The molecule has 2 aromatic rings. The number of aromatic nitrogens is 4. The molecule has 1 unspecified atom stereocenters. The average Bonchev–Trinajstić information content (AvgIpc) is 2.70. The minimum atomic E-state index is -0.229. The van der Waals surface area contributed by atoms with Gasteiger partial charge in [0.2, 0.25) is 0 Å². The molecule has 0 bridgehead atoms. The molecule has 2 N–H and O–H groups in total. The first-order valence-corrected chi connectivity index (χ1v) is 5.73. The second-order valence-corrected chi connectivity index (χ2v) is 4.67. The van der Waals surface area contributed by atoms with Crippen molar-refractivity contribution in [1.82, 2.24) is 19.6 Å². The Morgan fingerprint density at radius 2 is 2.06 bits per heavy atom. The molecule has 5 nitrogen and oxygen atoms in total. The van der Waals surface area contributed by atoms with Crippen LogP contribution in [0.15, 0.2) is 16.7 Å². The van der Waals surface area contributed by atoms with Crippen molar-refractivity contribution < 1.29 is 0 Å². The second-order valence-electron chi connectivity index (χ2n) is 3.81. The van der Waals surface area contributed by atoms with Crippen LogP contribution in [0.1, 0.15) is 23.1 Å². The Kier molecular flexibility index (Phi) is 2.86. The third-order valence-corrected chi connectivity index (χ3v) is 3.20. The van der Waals surface area contributed by atoms with E-state index in [0.717, 1.165) is 21.6 Å². The van der Waals surface area contributed by atoms with E-state index < -0.39 is 0 Å². The van der Waals surface area contributed by atoms with Crippen LogP contribution in [0.5, 0.6) is 0 Å². The molecule has 2 aromatic heterocycles. The number of hydrogen-bond donors (Lipinski definition) is 1. The molecule has 0 aromatic carbocycles. The molecule has 0 aliphatic heterocycles. The third-order valence-electron chi connectivity index (χ3n) is 2.59. The van der Waals surface area contributed by atoms with E-state index in [4.69, 9.17) is 5.73 Å². The first-order chi connectivity index (χ1) is 7.50. The summed E-state index contributed by atoms with van der Waals surface area (Å²) < 4.78 is 4.50. The molecule has 1 atom stereocenters. The number of halogens is 1. The highest BCUT2D eigenvalue weighted by molar-refractivity contribution is 9.10. The van der Waals surface area contributed by atoms with Gasteiger partial charge in [0.25, 0.3) is 0 Å². The van der Waals surface area contributed by atoms with Gasteiger partial charge in [-0.05, 0) is 28.9 Å². The molecular weight excluding hydrogens is 270 g/mol. The Bertz CT molecular complexity index is 494. The van der Waals surface area contributed by atoms with E-state index in [9.17, 15) is 0 Å². The summed E-state index contributed by atoms with van der Waals surface area (Å²) in [6.07, 6.45) is 1.75. The fourth-order valence-corrected chi connectivity index (χ4v) is 2.43. The van der Waals surface area contributed by atoms with Gasteiger partial charge in [0.1, 0.15) is 0 Å². The van der Waals surface area contributed by atoms with E-state index in [1.165, 1.54) is 0 Å². The van der Waals surface area contributed by atoms with Crippen molar-refractivity contribution >= 4 is 15.9 Å². The Morgan fingerprint density at radius 3 is 2.50 bits per heavy atom. The minimum Gasteiger partial charge on any atom is -0.318 e. The Morgan fingerprint density at radius 1 is 1.38 bits per heavy atom. The van der Waals surface area contributed by atoms with Crippen LogP contribution in [0.4, 0.5) is 0 Å². The molecule has 6 heteroatoms. The SMILES string of the molecule is Cc1cc(C(N)c2c(Br)cnn2C)n(C)n1. The lowest BCUT2D eigenvalue weighted by Crippen LogP contribution is -2.19. The van der Waals surface area contributed by atoms with E-state index in [2.05, 4.69) is 26.1 Å². The Balaban J connectivity index is 2.46. The smallest absolute Gasteiger partial charge is 0.0905 e. The minimum absolute atomic E-state index is 0.229. The van der Waals surface area contributed by atoms with Crippen molar-refractivity contribution in [2.45, 2.75) is 13.0 Å². The van der Waals surface area contributed by atoms with Crippen molar-refractivity contribution in [2.24, 2.45) is 19.8 Å². The van der Waals surface area contributed by atoms with Gasteiger partial charge in [-0.1, -0.05) is 0 Å². The van der Waals surface area contributed by atoms with Gasteiger partial charge in [0.15, 0.2) is 0 Å². The highest BCUT2D eigenvalue weighted by atomic mass is 79.9. The normalized spacial score (nSPS) is 13.1. The van der Waals surface area contributed by atoms with Crippen LogP contribution in [-0.4, -0.2) is 19.6 Å².